The third kappa shape index (κ3) is 6.49. The molecule has 1 atom stereocenters. The number of ether oxygens (including phenoxy) is 1. The van der Waals surface area contributed by atoms with Gasteiger partial charge >= 0.3 is 0 Å². The molecule has 0 spiro atoms. The molecule has 0 bridgehead atoms. The Labute approximate surface area is 130 Å². The van der Waals surface area contributed by atoms with Crippen LogP contribution < -0.4 is 16.0 Å². The molecule has 3 nitrogen and oxygen atoms in total. The first kappa shape index (κ1) is 18.0. The fourth-order valence-corrected chi connectivity index (χ4v) is 2.74. The van der Waals surface area contributed by atoms with Gasteiger partial charge in [-0.25, -0.2) is 0 Å². The number of methoxy groups -OCH3 is 1. The SMILES string of the molecule is CCCCCCCCCC(NN)c1ccc(C)cc1OC. The van der Waals surface area contributed by atoms with Gasteiger partial charge in [0.05, 0.1) is 7.11 Å². The van der Waals surface area contributed by atoms with E-state index in [0.29, 0.717) is 0 Å². The van der Waals surface area contributed by atoms with E-state index in [2.05, 4.69) is 37.5 Å². The van der Waals surface area contributed by atoms with Crippen molar-refractivity contribution in [1.82, 2.24) is 5.43 Å². The molecule has 1 aromatic carbocycles. The Morgan fingerprint density at radius 3 is 2.38 bits per heavy atom. The zero-order valence-corrected chi connectivity index (χ0v) is 14.0. The normalized spacial score (nSPS) is 12.4. The topological polar surface area (TPSA) is 47.3 Å². The average molecular weight is 292 g/mol. The van der Waals surface area contributed by atoms with Crippen molar-refractivity contribution >= 4 is 0 Å². The van der Waals surface area contributed by atoms with E-state index >= 15 is 0 Å². The molecule has 1 aromatic rings. The Hall–Kier alpha value is -1.06. The lowest BCUT2D eigenvalue weighted by Crippen LogP contribution is -2.28. The lowest BCUT2D eigenvalue weighted by atomic mass is 9.98. The summed E-state index contributed by atoms with van der Waals surface area (Å²) in [7, 11) is 1.72. The van der Waals surface area contributed by atoms with Crippen LogP contribution in [-0.4, -0.2) is 7.11 Å². The van der Waals surface area contributed by atoms with Gasteiger partial charge in [-0.3, -0.25) is 11.3 Å². The van der Waals surface area contributed by atoms with Crippen molar-refractivity contribution in [3.8, 4) is 5.75 Å². The Balaban J connectivity index is 2.41. The van der Waals surface area contributed by atoms with Crippen LogP contribution >= 0.6 is 0 Å². The van der Waals surface area contributed by atoms with Crippen molar-refractivity contribution in [2.45, 2.75) is 71.3 Å². The molecule has 3 N–H and O–H groups in total. The summed E-state index contributed by atoms with van der Waals surface area (Å²) in [5.74, 6) is 6.67. The number of hydrogen-bond acceptors (Lipinski definition) is 3. The van der Waals surface area contributed by atoms with Crippen LogP contribution in [0.1, 0.15) is 75.5 Å². The van der Waals surface area contributed by atoms with Crippen molar-refractivity contribution in [2.24, 2.45) is 5.84 Å². The standard InChI is InChI=1S/C18H32N2O/c1-4-5-6-7-8-9-10-11-17(20-19)16-13-12-15(2)14-18(16)21-3/h12-14,17,20H,4-11,19H2,1-3H3. The number of rotatable bonds is 11. The van der Waals surface area contributed by atoms with Crippen molar-refractivity contribution in [3.63, 3.8) is 0 Å². The highest BCUT2D eigenvalue weighted by Crippen LogP contribution is 2.29. The molecule has 0 aliphatic rings. The molecule has 1 rings (SSSR count). The van der Waals surface area contributed by atoms with Crippen LogP contribution in [0, 0.1) is 6.92 Å². The van der Waals surface area contributed by atoms with E-state index < -0.39 is 0 Å². The Kier molecular flexibility index (Phi) is 9.11. The van der Waals surface area contributed by atoms with Crippen LogP contribution in [0.5, 0.6) is 5.75 Å². The molecule has 0 radical (unpaired) electrons. The Morgan fingerprint density at radius 2 is 1.76 bits per heavy atom. The first-order valence-corrected chi connectivity index (χ1v) is 8.33. The second-order valence-electron chi connectivity index (χ2n) is 5.87. The van der Waals surface area contributed by atoms with E-state index in [4.69, 9.17) is 10.6 Å². The smallest absolute Gasteiger partial charge is 0.123 e. The molecule has 0 heterocycles. The zero-order chi connectivity index (χ0) is 15.5. The second kappa shape index (κ2) is 10.6. The number of hydrazine groups is 1. The van der Waals surface area contributed by atoms with Crippen molar-refractivity contribution in [3.05, 3.63) is 29.3 Å². The summed E-state index contributed by atoms with van der Waals surface area (Å²) in [4.78, 5) is 0. The zero-order valence-electron chi connectivity index (χ0n) is 14.0. The maximum Gasteiger partial charge on any atom is 0.123 e. The average Bonchev–Trinajstić information content (AvgIpc) is 2.50. The highest BCUT2D eigenvalue weighted by atomic mass is 16.5. The van der Waals surface area contributed by atoms with Gasteiger partial charge < -0.3 is 4.74 Å². The van der Waals surface area contributed by atoms with Crippen LogP contribution in [0.25, 0.3) is 0 Å². The summed E-state index contributed by atoms with van der Waals surface area (Å²) in [5, 5.41) is 0. The maximum atomic E-state index is 5.74. The molecule has 3 heteroatoms. The van der Waals surface area contributed by atoms with Gasteiger partial charge in [0.25, 0.3) is 0 Å². The van der Waals surface area contributed by atoms with Gasteiger partial charge in [-0.1, -0.05) is 64.0 Å². The molecule has 21 heavy (non-hydrogen) atoms. The molecule has 0 fully saturated rings. The number of benzene rings is 1. The number of nitrogens with two attached hydrogens (primary N) is 1. The van der Waals surface area contributed by atoms with Gasteiger partial charge in [-0.2, -0.15) is 0 Å². The minimum atomic E-state index is 0.177. The maximum absolute atomic E-state index is 5.74. The van der Waals surface area contributed by atoms with E-state index in [0.717, 1.165) is 17.7 Å². The van der Waals surface area contributed by atoms with Crippen LogP contribution in [0.2, 0.25) is 0 Å². The Bertz CT molecular complexity index is 393. The van der Waals surface area contributed by atoms with Gasteiger partial charge in [0.15, 0.2) is 0 Å². The molecule has 120 valence electrons. The molecule has 0 aliphatic carbocycles. The molecule has 0 saturated carbocycles. The third-order valence-corrected chi connectivity index (χ3v) is 4.06. The fraction of sp³-hybridized carbons (Fsp3) is 0.667. The predicted octanol–water partition coefficient (Wildman–Crippen LogP) is 4.65. The molecule has 1 unspecified atom stereocenters. The first-order valence-electron chi connectivity index (χ1n) is 8.33. The first-order chi connectivity index (χ1) is 10.2. The van der Waals surface area contributed by atoms with E-state index in [1.54, 1.807) is 7.11 Å². The highest BCUT2D eigenvalue weighted by molar-refractivity contribution is 5.39. The summed E-state index contributed by atoms with van der Waals surface area (Å²) in [6, 6.07) is 6.49. The van der Waals surface area contributed by atoms with E-state index in [1.165, 1.54) is 50.5 Å². The molecular formula is C18H32N2O. The van der Waals surface area contributed by atoms with E-state index in [-0.39, 0.29) is 6.04 Å². The van der Waals surface area contributed by atoms with Crippen molar-refractivity contribution in [2.75, 3.05) is 7.11 Å². The minimum Gasteiger partial charge on any atom is -0.496 e. The Morgan fingerprint density at radius 1 is 1.10 bits per heavy atom. The molecule has 0 amide bonds. The highest BCUT2D eigenvalue weighted by Gasteiger charge is 2.14. The van der Waals surface area contributed by atoms with Gasteiger partial charge in [0.2, 0.25) is 0 Å². The summed E-state index contributed by atoms with van der Waals surface area (Å²) >= 11 is 0. The minimum absolute atomic E-state index is 0.177. The van der Waals surface area contributed by atoms with E-state index in [9.17, 15) is 0 Å². The predicted molar refractivity (Wildman–Crippen MR) is 90.4 cm³/mol. The van der Waals surface area contributed by atoms with Crippen molar-refractivity contribution < 1.29 is 4.74 Å². The van der Waals surface area contributed by atoms with Gasteiger partial charge in [0.1, 0.15) is 5.75 Å². The summed E-state index contributed by atoms with van der Waals surface area (Å²) in [6.45, 7) is 4.33. The number of hydrogen-bond donors (Lipinski definition) is 2. The van der Waals surface area contributed by atoms with Crippen LogP contribution in [0.3, 0.4) is 0 Å². The number of nitrogens with one attached hydrogen (secondary N) is 1. The molecular weight excluding hydrogens is 260 g/mol. The van der Waals surface area contributed by atoms with Crippen LogP contribution in [0.15, 0.2) is 18.2 Å². The third-order valence-electron chi connectivity index (χ3n) is 4.06. The quantitative estimate of drug-likeness (QED) is 0.354. The largest absolute Gasteiger partial charge is 0.496 e. The molecule has 0 saturated heterocycles. The van der Waals surface area contributed by atoms with Gasteiger partial charge in [-0.15, -0.1) is 0 Å². The number of aryl methyl sites for hydroxylation is 1. The summed E-state index contributed by atoms with van der Waals surface area (Å²) < 4.78 is 5.49. The van der Waals surface area contributed by atoms with Crippen LogP contribution in [-0.2, 0) is 0 Å². The van der Waals surface area contributed by atoms with Gasteiger partial charge in [0, 0.05) is 11.6 Å². The fourth-order valence-electron chi connectivity index (χ4n) is 2.74. The molecule has 0 aliphatic heterocycles. The summed E-state index contributed by atoms with van der Waals surface area (Å²) in [6.07, 6.45) is 10.3. The molecule has 0 aromatic heterocycles. The monoisotopic (exact) mass is 292 g/mol. The van der Waals surface area contributed by atoms with E-state index in [1.807, 2.05) is 0 Å². The second-order valence-corrected chi connectivity index (χ2v) is 5.87. The number of unbranched alkanes of at least 4 members (excludes halogenated alkanes) is 6. The van der Waals surface area contributed by atoms with Crippen LogP contribution in [0.4, 0.5) is 0 Å². The lowest BCUT2D eigenvalue weighted by molar-refractivity contribution is 0.392. The van der Waals surface area contributed by atoms with Gasteiger partial charge in [-0.05, 0) is 25.0 Å². The summed E-state index contributed by atoms with van der Waals surface area (Å²) in [5.41, 5.74) is 5.32. The lowest BCUT2D eigenvalue weighted by Gasteiger charge is -2.19. The van der Waals surface area contributed by atoms with Crippen molar-refractivity contribution in [1.29, 1.82) is 0 Å².